The van der Waals surface area contributed by atoms with Gasteiger partial charge in [0.2, 0.25) is 5.76 Å². The minimum absolute atomic E-state index is 0.0553. The Labute approximate surface area is 124 Å². The molecule has 0 amide bonds. The first-order valence-electron chi connectivity index (χ1n) is 6.24. The number of carboxylic acid groups (broad SMARTS) is 1. The lowest BCUT2D eigenvalue weighted by atomic mass is 10.1. The zero-order valence-electron chi connectivity index (χ0n) is 10.9. The molecule has 0 saturated heterocycles. The zero-order valence-corrected chi connectivity index (χ0v) is 11.8. The van der Waals surface area contributed by atoms with Gasteiger partial charge in [0.15, 0.2) is 0 Å². The van der Waals surface area contributed by atoms with Crippen molar-refractivity contribution in [2.24, 2.45) is 0 Å². The van der Waals surface area contributed by atoms with Crippen LogP contribution in [-0.4, -0.2) is 16.1 Å². The largest absolute Gasteiger partial charge is 0.475 e. The first-order chi connectivity index (χ1) is 10.1. The lowest BCUT2D eigenvalue weighted by molar-refractivity contribution is 0.0660. The van der Waals surface area contributed by atoms with Gasteiger partial charge in [-0.1, -0.05) is 12.1 Å². The number of hydrogen-bond acceptors (Lipinski definition) is 5. The Morgan fingerprint density at radius 2 is 2.00 bits per heavy atom. The fourth-order valence-electron chi connectivity index (χ4n) is 1.92. The molecule has 0 spiro atoms. The minimum Gasteiger partial charge on any atom is -0.475 e. The number of aromatic carboxylic acids is 1. The third kappa shape index (κ3) is 2.95. The fraction of sp³-hybridized carbons (Fsp3) is 0.0667. The van der Waals surface area contributed by atoms with Gasteiger partial charge < -0.3 is 15.3 Å². The van der Waals surface area contributed by atoms with E-state index in [-0.39, 0.29) is 5.76 Å². The Bertz CT molecular complexity index is 774. The predicted molar refractivity (Wildman–Crippen MR) is 80.4 cm³/mol. The third-order valence-corrected chi connectivity index (χ3v) is 3.80. The van der Waals surface area contributed by atoms with E-state index in [1.54, 1.807) is 6.07 Å². The molecule has 0 bridgehead atoms. The summed E-state index contributed by atoms with van der Waals surface area (Å²) in [6.07, 6.45) is 0.479. The number of carbonyl (C=O) groups is 1. The van der Waals surface area contributed by atoms with Gasteiger partial charge >= 0.3 is 5.97 Å². The number of nitrogens with zero attached hydrogens (tertiary/aromatic N) is 1. The Morgan fingerprint density at radius 1 is 1.24 bits per heavy atom. The van der Waals surface area contributed by atoms with Crippen LogP contribution in [0.15, 0.2) is 46.2 Å². The van der Waals surface area contributed by atoms with Crippen molar-refractivity contribution in [3.8, 4) is 11.3 Å². The SMILES string of the molecule is Nc1ccc(-c2csc(Cc3ccc(C(=O)O)o3)n2)cc1. The second kappa shape index (κ2) is 5.41. The molecule has 0 radical (unpaired) electrons. The molecule has 1 aromatic carbocycles. The summed E-state index contributed by atoms with van der Waals surface area (Å²) in [5, 5.41) is 11.7. The standard InChI is InChI=1S/C15H12N2O3S/c16-10-3-1-9(2-4-10)12-8-21-14(17-12)7-11-5-6-13(20-11)15(18)19/h1-6,8H,7,16H2,(H,18,19). The molecule has 0 aliphatic carbocycles. The van der Waals surface area contributed by atoms with Crippen molar-refractivity contribution in [1.29, 1.82) is 0 Å². The zero-order chi connectivity index (χ0) is 14.8. The topological polar surface area (TPSA) is 89.4 Å². The van der Waals surface area contributed by atoms with Crippen molar-refractivity contribution in [3.05, 3.63) is 58.3 Å². The van der Waals surface area contributed by atoms with Gasteiger partial charge in [-0.05, 0) is 24.3 Å². The average Bonchev–Trinajstić information content (AvgIpc) is 3.10. The molecule has 6 heteroatoms. The maximum atomic E-state index is 10.8. The molecule has 0 saturated carbocycles. The Morgan fingerprint density at radius 3 is 2.67 bits per heavy atom. The number of benzene rings is 1. The van der Waals surface area contributed by atoms with Crippen LogP contribution in [0.2, 0.25) is 0 Å². The maximum absolute atomic E-state index is 10.8. The number of nitrogen functional groups attached to an aromatic ring is 1. The molecule has 2 heterocycles. The van der Waals surface area contributed by atoms with E-state index in [0.717, 1.165) is 16.3 Å². The Hall–Kier alpha value is -2.60. The van der Waals surface area contributed by atoms with Gasteiger partial charge in [0.1, 0.15) is 10.8 Å². The van der Waals surface area contributed by atoms with Crippen LogP contribution in [0, 0.1) is 0 Å². The number of nitrogens with two attached hydrogens (primary N) is 1. The molecule has 0 aliphatic heterocycles. The molecule has 106 valence electrons. The molecular weight excluding hydrogens is 288 g/mol. The van der Waals surface area contributed by atoms with Gasteiger partial charge in [0.25, 0.3) is 0 Å². The highest BCUT2D eigenvalue weighted by Gasteiger charge is 2.11. The fourth-order valence-corrected chi connectivity index (χ4v) is 2.73. The quantitative estimate of drug-likeness (QED) is 0.722. The molecular formula is C15H12N2O3S. The van der Waals surface area contributed by atoms with Crippen LogP contribution in [0.25, 0.3) is 11.3 Å². The lowest BCUT2D eigenvalue weighted by Crippen LogP contribution is -1.92. The molecule has 3 N–H and O–H groups in total. The highest BCUT2D eigenvalue weighted by atomic mass is 32.1. The summed E-state index contributed by atoms with van der Waals surface area (Å²) < 4.78 is 5.23. The van der Waals surface area contributed by atoms with E-state index in [9.17, 15) is 4.79 Å². The van der Waals surface area contributed by atoms with E-state index >= 15 is 0 Å². The first kappa shape index (κ1) is 13.4. The summed E-state index contributed by atoms with van der Waals surface area (Å²) in [7, 11) is 0. The smallest absolute Gasteiger partial charge is 0.371 e. The van der Waals surface area contributed by atoms with Gasteiger partial charge in [0, 0.05) is 16.6 Å². The van der Waals surface area contributed by atoms with Gasteiger partial charge in [0.05, 0.1) is 12.1 Å². The van der Waals surface area contributed by atoms with Crippen molar-refractivity contribution in [2.75, 3.05) is 5.73 Å². The van der Waals surface area contributed by atoms with Crippen LogP contribution in [0.5, 0.6) is 0 Å². The van der Waals surface area contributed by atoms with Crippen LogP contribution in [0.1, 0.15) is 21.3 Å². The molecule has 5 nitrogen and oxygen atoms in total. The summed E-state index contributed by atoms with van der Waals surface area (Å²) in [5.41, 5.74) is 8.25. The van der Waals surface area contributed by atoms with Gasteiger partial charge in [-0.3, -0.25) is 0 Å². The number of anilines is 1. The minimum atomic E-state index is -1.07. The molecule has 0 fully saturated rings. The van der Waals surface area contributed by atoms with E-state index in [1.165, 1.54) is 17.4 Å². The summed E-state index contributed by atoms with van der Waals surface area (Å²) >= 11 is 1.51. The van der Waals surface area contributed by atoms with Crippen LogP contribution in [0.4, 0.5) is 5.69 Å². The molecule has 0 unspecified atom stereocenters. The van der Waals surface area contributed by atoms with E-state index in [4.69, 9.17) is 15.3 Å². The maximum Gasteiger partial charge on any atom is 0.371 e. The van der Waals surface area contributed by atoms with E-state index in [0.29, 0.717) is 17.9 Å². The average molecular weight is 300 g/mol. The van der Waals surface area contributed by atoms with Crippen molar-refractivity contribution in [2.45, 2.75) is 6.42 Å². The van der Waals surface area contributed by atoms with Crippen molar-refractivity contribution in [3.63, 3.8) is 0 Å². The Balaban J connectivity index is 1.78. The molecule has 0 aliphatic rings. The summed E-state index contributed by atoms with van der Waals surface area (Å²) in [6.45, 7) is 0. The number of aromatic nitrogens is 1. The number of carboxylic acids is 1. The van der Waals surface area contributed by atoms with E-state index in [1.807, 2.05) is 29.6 Å². The second-order valence-electron chi connectivity index (χ2n) is 4.50. The van der Waals surface area contributed by atoms with Gasteiger partial charge in [-0.15, -0.1) is 11.3 Å². The molecule has 21 heavy (non-hydrogen) atoms. The normalized spacial score (nSPS) is 10.7. The first-order valence-corrected chi connectivity index (χ1v) is 7.12. The molecule has 2 aromatic heterocycles. The summed E-state index contributed by atoms with van der Waals surface area (Å²) in [5.74, 6) is -0.533. The van der Waals surface area contributed by atoms with Crippen LogP contribution in [-0.2, 0) is 6.42 Å². The monoisotopic (exact) mass is 300 g/mol. The lowest BCUT2D eigenvalue weighted by Gasteiger charge is -1.97. The summed E-state index contributed by atoms with van der Waals surface area (Å²) in [6, 6.07) is 10.6. The highest BCUT2D eigenvalue weighted by molar-refractivity contribution is 7.10. The van der Waals surface area contributed by atoms with E-state index in [2.05, 4.69) is 4.98 Å². The number of thiazole rings is 1. The van der Waals surface area contributed by atoms with Crippen molar-refractivity contribution in [1.82, 2.24) is 4.98 Å². The van der Waals surface area contributed by atoms with Crippen LogP contribution >= 0.6 is 11.3 Å². The number of furan rings is 1. The second-order valence-corrected chi connectivity index (χ2v) is 5.44. The highest BCUT2D eigenvalue weighted by Crippen LogP contribution is 2.24. The van der Waals surface area contributed by atoms with Crippen LogP contribution in [0.3, 0.4) is 0 Å². The third-order valence-electron chi connectivity index (χ3n) is 2.96. The Kier molecular flexibility index (Phi) is 3.45. The van der Waals surface area contributed by atoms with Gasteiger partial charge in [-0.25, -0.2) is 9.78 Å². The number of hydrogen-bond donors (Lipinski definition) is 2. The van der Waals surface area contributed by atoms with Crippen LogP contribution < -0.4 is 5.73 Å². The predicted octanol–water partition coefficient (Wildman–Crippen LogP) is 3.27. The molecule has 3 aromatic rings. The van der Waals surface area contributed by atoms with Crippen molar-refractivity contribution >= 4 is 23.0 Å². The molecule has 3 rings (SSSR count). The summed E-state index contributed by atoms with van der Waals surface area (Å²) in [4.78, 5) is 15.3. The van der Waals surface area contributed by atoms with Crippen molar-refractivity contribution < 1.29 is 14.3 Å². The van der Waals surface area contributed by atoms with E-state index < -0.39 is 5.97 Å². The number of rotatable bonds is 4. The van der Waals surface area contributed by atoms with Gasteiger partial charge in [-0.2, -0.15) is 0 Å². The molecule has 0 atom stereocenters.